The summed E-state index contributed by atoms with van der Waals surface area (Å²) in [6.07, 6.45) is 0. The minimum atomic E-state index is -0.994. The van der Waals surface area contributed by atoms with E-state index in [1.807, 2.05) is 42.5 Å². The molecular formula is C14H9NO2. The molecule has 17 heavy (non-hydrogen) atoms. The van der Waals surface area contributed by atoms with Crippen LogP contribution in [0, 0.1) is 0 Å². The van der Waals surface area contributed by atoms with Crippen molar-refractivity contribution >= 4 is 27.6 Å². The lowest BCUT2D eigenvalue weighted by atomic mass is 10.0. The summed E-state index contributed by atoms with van der Waals surface area (Å²) in [7, 11) is 0. The number of carbonyl (C=O) groups is 1. The molecule has 1 N–H and O–H groups in total. The number of rotatable bonds is 1. The van der Waals surface area contributed by atoms with Gasteiger partial charge in [-0.2, -0.15) is 0 Å². The molecule has 0 fully saturated rings. The van der Waals surface area contributed by atoms with Crippen LogP contribution in [0.1, 0.15) is 10.5 Å². The van der Waals surface area contributed by atoms with Gasteiger partial charge in [-0.15, -0.1) is 0 Å². The van der Waals surface area contributed by atoms with Gasteiger partial charge in [0.15, 0.2) is 5.69 Å². The Labute approximate surface area is 97.3 Å². The van der Waals surface area contributed by atoms with E-state index >= 15 is 0 Å². The average Bonchev–Trinajstić information content (AvgIpc) is 2.37. The molecule has 3 nitrogen and oxygen atoms in total. The van der Waals surface area contributed by atoms with Crippen LogP contribution in [0.15, 0.2) is 48.5 Å². The van der Waals surface area contributed by atoms with Crippen molar-refractivity contribution in [2.24, 2.45) is 0 Å². The van der Waals surface area contributed by atoms with Crippen LogP contribution in [-0.4, -0.2) is 16.1 Å². The van der Waals surface area contributed by atoms with Gasteiger partial charge in [0.05, 0.1) is 5.52 Å². The molecule has 0 amide bonds. The molecule has 0 radical (unpaired) electrons. The zero-order valence-corrected chi connectivity index (χ0v) is 8.92. The molecule has 0 atom stereocenters. The van der Waals surface area contributed by atoms with Crippen molar-refractivity contribution in [3.63, 3.8) is 0 Å². The number of para-hydroxylation sites is 1. The number of aromatic nitrogens is 1. The first-order chi connectivity index (χ1) is 8.27. The Morgan fingerprint density at radius 2 is 1.47 bits per heavy atom. The number of nitrogens with zero attached hydrogens (tertiary/aromatic N) is 1. The molecule has 0 bridgehead atoms. The SMILES string of the molecule is O=C(O)c1nc2ccccc2c2ccccc12. The van der Waals surface area contributed by atoms with E-state index < -0.39 is 5.97 Å². The average molecular weight is 223 g/mol. The number of aromatic carboxylic acids is 1. The summed E-state index contributed by atoms with van der Waals surface area (Å²) in [5, 5.41) is 11.8. The zero-order valence-electron chi connectivity index (χ0n) is 8.92. The van der Waals surface area contributed by atoms with E-state index in [1.165, 1.54) is 0 Å². The van der Waals surface area contributed by atoms with E-state index in [-0.39, 0.29) is 5.69 Å². The lowest BCUT2D eigenvalue weighted by Crippen LogP contribution is -2.01. The van der Waals surface area contributed by atoms with Crippen LogP contribution in [0.2, 0.25) is 0 Å². The molecule has 1 heterocycles. The van der Waals surface area contributed by atoms with Gasteiger partial charge < -0.3 is 5.11 Å². The molecule has 3 rings (SSSR count). The van der Waals surface area contributed by atoms with Gasteiger partial charge in [0.25, 0.3) is 0 Å². The van der Waals surface area contributed by atoms with Crippen molar-refractivity contribution in [1.82, 2.24) is 4.98 Å². The Bertz CT molecular complexity index is 734. The van der Waals surface area contributed by atoms with Gasteiger partial charge in [-0.3, -0.25) is 0 Å². The lowest BCUT2D eigenvalue weighted by Gasteiger charge is -2.06. The maximum atomic E-state index is 11.2. The van der Waals surface area contributed by atoms with Gasteiger partial charge in [-0.25, -0.2) is 9.78 Å². The minimum Gasteiger partial charge on any atom is -0.476 e. The zero-order chi connectivity index (χ0) is 11.8. The maximum Gasteiger partial charge on any atom is 0.355 e. The Morgan fingerprint density at radius 3 is 2.18 bits per heavy atom. The third-order valence-electron chi connectivity index (χ3n) is 2.81. The number of carboxylic acids is 1. The Hall–Kier alpha value is -2.42. The van der Waals surface area contributed by atoms with Crippen LogP contribution in [0.3, 0.4) is 0 Å². The number of fused-ring (bicyclic) bond motifs is 3. The fourth-order valence-corrected chi connectivity index (χ4v) is 2.07. The molecule has 0 aliphatic heterocycles. The second-order valence-electron chi connectivity index (χ2n) is 3.83. The summed E-state index contributed by atoms with van der Waals surface area (Å²) in [5.74, 6) is -0.994. The highest BCUT2D eigenvalue weighted by molar-refractivity contribution is 6.12. The van der Waals surface area contributed by atoms with Crippen LogP contribution in [0.4, 0.5) is 0 Å². The van der Waals surface area contributed by atoms with Crippen molar-refractivity contribution in [2.45, 2.75) is 0 Å². The highest BCUT2D eigenvalue weighted by Crippen LogP contribution is 2.25. The van der Waals surface area contributed by atoms with Crippen molar-refractivity contribution in [2.75, 3.05) is 0 Å². The van der Waals surface area contributed by atoms with E-state index in [9.17, 15) is 9.90 Å². The van der Waals surface area contributed by atoms with Crippen LogP contribution >= 0.6 is 0 Å². The number of benzene rings is 2. The van der Waals surface area contributed by atoms with Crippen LogP contribution in [0.25, 0.3) is 21.7 Å². The Morgan fingerprint density at radius 1 is 0.882 bits per heavy atom. The first-order valence-electron chi connectivity index (χ1n) is 5.28. The van der Waals surface area contributed by atoms with Crippen LogP contribution in [0.5, 0.6) is 0 Å². The quantitative estimate of drug-likeness (QED) is 0.645. The summed E-state index contributed by atoms with van der Waals surface area (Å²) in [5.41, 5.74) is 0.822. The third-order valence-corrected chi connectivity index (χ3v) is 2.81. The van der Waals surface area contributed by atoms with Gasteiger partial charge >= 0.3 is 5.97 Å². The second kappa shape index (κ2) is 3.56. The van der Waals surface area contributed by atoms with Crippen molar-refractivity contribution in [3.8, 4) is 0 Å². The summed E-state index contributed by atoms with van der Waals surface area (Å²) in [6.45, 7) is 0. The Kier molecular flexibility index (Phi) is 2.05. The van der Waals surface area contributed by atoms with Crippen molar-refractivity contribution in [3.05, 3.63) is 54.2 Å². The summed E-state index contributed by atoms with van der Waals surface area (Å²) in [4.78, 5) is 15.4. The second-order valence-corrected chi connectivity index (χ2v) is 3.83. The largest absolute Gasteiger partial charge is 0.476 e. The minimum absolute atomic E-state index is 0.110. The molecule has 2 aromatic carbocycles. The van der Waals surface area contributed by atoms with Crippen molar-refractivity contribution in [1.29, 1.82) is 0 Å². The molecule has 1 aromatic heterocycles. The van der Waals surface area contributed by atoms with Crippen molar-refractivity contribution < 1.29 is 9.90 Å². The van der Waals surface area contributed by atoms with Crippen LogP contribution in [-0.2, 0) is 0 Å². The number of pyridine rings is 1. The smallest absolute Gasteiger partial charge is 0.355 e. The monoisotopic (exact) mass is 223 g/mol. The molecule has 0 spiro atoms. The third kappa shape index (κ3) is 1.44. The molecule has 0 aliphatic rings. The van der Waals surface area contributed by atoms with E-state index in [4.69, 9.17) is 0 Å². The first-order valence-corrected chi connectivity index (χ1v) is 5.28. The predicted octanol–water partition coefficient (Wildman–Crippen LogP) is 3.09. The molecular weight excluding hydrogens is 214 g/mol. The summed E-state index contributed by atoms with van der Waals surface area (Å²) >= 11 is 0. The van der Waals surface area contributed by atoms with Gasteiger partial charge in [-0.05, 0) is 11.5 Å². The molecule has 0 saturated heterocycles. The number of hydrogen-bond acceptors (Lipinski definition) is 2. The first kappa shape index (κ1) is 9.78. The maximum absolute atomic E-state index is 11.2. The van der Waals surface area contributed by atoms with E-state index in [2.05, 4.69) is 4.98 Å². The highest BCUT2D eigenvalue weighted by Gasteiger charge is 2.12. The van der Waals surface area contributed by atoms with Gasteiger partial charge in [0, 0.05) is 10.8 Å². The number of hydrogen-bond donors (Lipinski definition) is 1. The van der Waals surface area contributed by atoms with Crippen LogP contribution < -0.4 is 0 Å². The number of carboxylic acid groups (broad SMARTS) is 1. The molecule has 0 unspecified atom stereocenters. The van der Waals surface area contributed by atoms with Gasteiger partial charge in [0.2, 0.25) is 0 Å². The topological polar surface area (TPSA) is 50.2 Å². The highest BCUT2D eigenvalue weighted by atomic mass is 16.4. The van der Waals surface area contributed by atoms with Gasteiger partial charge in [0.1, 0.15) is 0 Å². The molecule has 3 heteroatoms. The van der Waals surface area contributed by atoms with E-state index in [0.29, 0.717) is 10.9 Å². The predicted molar refractivity (Wildman–Crippen MR) is 66.2 cm³/mol. The van der Waals surface area contributed by atoms with Gasteiger partial charge in [-0.1, -0.05) is 42.5 Å². The molecule has 82 valence electrons. The molecule has 3 aromatic rings. The fourth-order valence-electron chi connectivity index (χ4n) is 2.07. The lowest BCUT2D eigenvalue weighted by molar-refractivity contribution is 0.0693. The Balaban J connectivity index is 2.59. The van der Waals surface area contributed by atoms with E-state index in [1.54, 1.807) is 6.07 Å². The molecule has 0 aliphatic carbocycles. The summed E-state index contributed by atoms with van der Waals surface area (Å²) < 4.78 is 0. The fraction of sp³-hybridized carbons (Fsp3) is 0. The summed E-state index contributed by atoms with van der Waals surface area (Å²) in [6, 6.07) is 15.0. The standard InChI is InChI=1S/C14H9NO2/c16-14(17)13-11-7-2-1-5-9(11)10-6-3-4-8-12(10)15-13/h1-8H,(H,16,17). The molecule has 0 saturated carbocycles. The normalized spacial score (nSPS) is 10.8. The van der Waals surface area contributed by atoms with E-state index in [0.717, 1.165) is 10.8 Å².